The van der Waals surface area contributed by atoms with E-state index in [-0.39, 0.29) is 12.1 Å². The van der Waals surface area contributed by atoms with Gasteiger partial charge in [-0.25, -0.2) is 0 Å². The summed E-state index contributed by atoms with van der Waals surface area (Å²) in [4.78, 5) is 0. The number of nitrogens with two attached hydrogens (primary N) is 1. The van der Waals surface area contributed by atoms with Crippen LogP contribution in [0.3, 0.4) is 0 Å². The van der Waals surface area contributed by atoms with Crippen molar-refractivity contribution < 1.29 is 4.74 Å². The maximum absolute atomic E-state index is 5.63. The van der Waals surface area contributed by atoms with Crippen LogP contribution in [0.2, 0.25) is 0 Å². The summed E-state index contributed by atoms with van der Waals surface area (Å²) < 4.78 is 8.19. The molecule has 0 radical (unpaired) electrons. The predicted octanol–water partition coefficient (Wildman–Crippen LogP) is 1.99. The Kier molecular flexibility index (Phi) is 6.11. The van der Waals surface area contributed by atoms with Crippen LogP contribution in [0.25, 0.3) is 0 Å². The van der Waals surface area contributed by atoms with Gasteiger partial charge < -0.3 is 4.74 Å². The van der Waals surface area contributed by atoms with Gasteiger partial charge in [0.25, 0.3) is 0 Å². The van der Waals surface area contributed by atoms with Crippen molar-refractivity contribution in [3.63, 3.8) is 0 Å². The molecule has 2 unspecified atom stereocenters. The van der Waals surface area contributed by atoms with Crippen LogP contribution < -0.4 is 11.3 Å². The van der Waals surface area contributed by atoms with Crippen LogP contribution in [0.1, 0.15) is 38.4 Å². The Morgan fingerprint density at radius 1 is 1.59 bits per heavy atom. The van der Waals surface area contributed by atoms with Gasteiger partial charge in [-0.3, -0.25) is 16.0 Å². The Hall–Kier alpha value is -0.430. The number of hydrazine groups is 1. The van der Waals surface area contributed by atoms with Crippen molar-refractivity contribution in [2.45, 2.75) is 45.4 Å². The number of nitrogens with one attached hydrogen (secondary N) is 1. The first kappa shape index (κ1) is 14.6. The number of hydrogen-bond acceptors (Lipinski definition) is 4. The largest absolute Gasteiger partial charge is 0.382 e. The minimum absolute atomic E-state index is 0.0874. The highest BCUT2D eigenvalue weighted by atomic mass is 79.9. The van der Waals surface area contributed by atoms with Crippen molar-refractivity contribution in [1.82, 2.24) is 15.2 Å². The molecule has 2 atom stereocenters. The molecule has 5 nitrogen and oxygen atoms in total. The fraction of sp³-hybridized carbons (Fsp3) is 0.727. The average molecular weight is 305 g/mol. The van der Waals surface area contributed by atoms with E-state index in [2.05, 4.69) is 40.3 Å². The third kappa shape index (κ3) is 3.77. The number of rotatable bonds is 7. The maximum Gasteiger partial charge on any atom is 0.0709 e. The molecule has 0 bridgehead atoms. The van der Waals surface area contributed by atoms with Gasteiger partial charge in [0.2, 0.25) is 0 Å². The van der Waals surface area contributed by atoms with E-state index >= 15 is 0 Å². The molecule has 98 valence electrons. The molecule has 0 spiro atoms. The van der Waals surface area contributed by atoms with Gasteiger partial charge in [-0.1, -0.05) is 0 Å². The zero-order chi connectivity index (χ0) is 12.8. The summed E-state index contributed by atoms with van der Waals surface area (Å²) in [5.41, 5.74) is 3.95. The predicted molar refractivity (Wildman–Crippen MR) is 71.4 cm³/mol. The smallest absolute Gasteiger partial charge is 0.0709 e. The number of aryl methyl sites for hydroxylation is 1. The molecule has 0 aliphatic rings. The van der Waals surface area contributed by atoms with Crippen LogP contribution in [-0.4, -0.2) is 23.0 Å². The molecule has 17 heavy (non-hydrogen) atoms. The van der Waals surface area contributed by atoms with Crippen molar-refractivity contribution in [1.29, 1.82) is 0 Å². The monoisotopic (exact) mass is 304 g/mol. The van der Waals surface area contributed by atoms with E-state index in [0.29, 0.717) is 0 Å². The van der Waals surface area contributed by atoms with Gasteiger partial charge in [0.1, 0.15) is 0 Å². The minimum Gasteiger partial charge on any atom is -0.382 e. The fourth-order valence-corrected chi connectivity index (χ4v) is 2.36. The van der Waals surface area contributed by atoms with E-state index < -0.39 is 0 Å². The van der Waals surface area contributed by atoms with E-state index in [4.69, 9.17) is 10.6 Å². The van der Waals surface area contributed by atoms with Crippen molar-refractivity contribution in [2.75, 3.05) is 7.11 Å². The molecule has 1 rings (SSSR count). The Bertz CT molecular complexity index is 342. The summed E-state index contributed by atoms with van der Waals surface area (Å²) in [6.07, 6.45) is 3.91. The van der Waals surface area contributed by atoms with Crippen molar-refractivity contribution >= 4 is 15.9 Å². The van der Waals surface area contributed by atoms with Crippen LogP contribution in [0.5, 0.6) is 0 Å². The number of ether oxygens (including phenoxy) is 1. The van der Waals surface area contributed by atoms with Crippen molar-refractivity contribution in [3.05, 3.63) is 16.4 Å². The molecule has 6 heteroatoms. The van der Waals surface area contributed by atoms with Gasteiger partial charge >= 0.3 is 0 Å². The van der Waals surface area contributed by atoms with E-state index in [1.54, 1.807) is 7.11 Å². The lowest BCUT2D eigenvalue weighted by atomic mass is 10.1. The zero-order valence-electron chi connectivity index (χ0n) is 10.6. The first-order chi connectivity index (χ1) is 8.13. The topological polar surface area (TPSA) is 65.1 Å². The average Bonchev–Trinajstić information content (AvgIpc) is 2.71. The van der Waals surface area contributed by atoms with Crippen LogP contribution in [0.15, 0.2) is 10.7 Å². The standard InChI is InChI=1S/C11H21BrN4O/c1-4-16-11(9(12)7-14-16)10(15-13)6-5-8(2)17-3/h7-8,10,15H,4-6,13H2,1-3H3. The summed E-state index contributed by atoms with van der Waals surface area (Å²) in [5, 5.41) is 4.29. The molecule has 0 aromatic carbocycles. The summed E-state index contributed by atoms with van der Waals surface area (Å²) >= 11 is 3.51. The van der Waals surface area contributed by atoms with E-state index in [1.165, 1.54) is 0 Å². The van der Waals surface area contributed by atoms with Crippen molar-refractivity contribution in [3.8, 4) is 0 Å². The molecule has 0 aliphatic heterocycles. The molecule has 1 aromatic heterocycles. The summed E-state index contributed by atoms with van der Waals surface area (Å²) in [7, 11) is 1.72. The number of halogens is 1. The Morgan fingerprint density at radius 3 is 2.82 bits per heavy atom. The van der Waals surface area contributed by atoms with E-state index in [0.717, 1.165) is 29.6 Å². The van der Waals surface area contributed by atoms with Crippen molar-refractivity contribution in [2.24, 2.45) is 5.84 Å². The van der Waals surface area contributed by atoms with Gasteiger partial charge in [0, 0.05) is 13.7 Å². The lowest BCUT2D eigenvalue weighted by molar-refractivity contribution is 0.105. The fourth-order valence-electron chi connectivity index (χ4n) is 1.79. The molecule has 0 saturated heterocycles. The zero-order valence-corrected chi connectivity index (χ0v) is 12.2. The van der Waals surface area contributed by atoms with Crippen LogP contribution in [0.4, 0.5) is 0 Å². The SMILES string of the molecule is CCn1ncc(Br)c1C(CCC(C)OC)NN. The quantitative estimate of drug-likeness (QED) is 0.597. The second-order valence-corrected chi connectivity index (χ2v) is 4.89. The normalized spacial score (nSPS) is 14.9. The summed E-state index contributed by atoms with van der Waals surface area (Å²) in [6, 6.07) is 0.0874. The van der Waals surface area contributed by atoms with E-state index in [9.17, 15) is 0 Å². The third-order valence-electron chi connectivity index (χ3n) is 2.93. The second-order valence-electron chi connectivity index (χ2n) is 4.04. The molecule has 0 saturated carbocycles. The first-order valence-corrected chi connectivity index (χ1v) is 6.63. The first-order valence-electron chi connectivity index (χ1n) is 5.84. The number of methoxy groups -OCH3 is 1. The lowest BCUT2D eigenvalue weighted by Crippen LogP contribution is -2.31. The highest BCUT2D eigenvalue weighted by molar-refractivity contribution is 9.10. The van der Waals surface area contributed by atoms with Gasteiger partial charge in [-0.15, -0.1) is 0 Å². The second kappa shape index (κ2) is 7.10. The highest BCUT2D eigenvalue weighted by Crippen LogP contribution is 2.26. The Morgan fingerprint density at radius 2 is 2.29 bits per heavy atom. The van der Waals surface area contributed by atoms with Gasteiger partial charge in [-0.05, 0) is 42.6 Å². The molecule has 0 fully saturated rings. The van der Waals surface area contributed by atoms with Crippen LogP contribution in [-0.2, 0) is 11.3 Å². The number of aromatic nitrogens is 2. The molecule has 0 amide bonds. The summed E-state index contributed by atoms with van der Waals surface area (Å²) in [6.45, 7) is 4.95. The minimum atomic E-state index is 0.0874. The lowest BCUT2D eigenvalue weighted by Gasteiger charge is -2.19. The molecular formula is C11H21BrN4O. The molecule has 1 aromatic rings. The summed E-state index contributed by atoms with van der Waals surface area (Å²) in [5.74, 6) is 5.63. The van der Waals surface area contributed by atoms with E-state index in [1.807, 2.05) is 10.9 Å². The van der Waals surface area contributed by atoms with Crippen LogP contribution in [0, 0.1) is 0 Å². The molecular weight excluding hydrogens is 284 g/mol. The van der Waals surface area contributed by atoms with Crippen LogP contribution >= 0.6 is 15.9 Å². The van der Waals surface area contributed by atoms with Gasteiger partial charge in [0.05, 0.1) is 28.5 Å². The van der Waals surface area contributed by atoms with Gasteiger partial charge in [-0.2, -0.15) is 5.10 Å². The van der Waals surface area contributed by atoms with Gasteiger partial charge in [0.15, 0.2) is 0 Å². The molecule has 3 N–H and O–H groups in total. The number of nitrogens with zero attached hydrogens (tertiary/aromatic N) is 2. The molecule has 0 aliphatic carbocycles. The highest BCUT2D eigenvalue weighted by Gasteiger charge is 2.19. The maximum atomic E-state index is 5.63. The Balaban J connectivity index is 2.75. The Labute approximate surface area is 111 Å². The third-order valence-corrected chi connectivity index (χ3v) is 3.54. The molecule has 1 heterocycles. The number of hydrogen-bond donors (Lipinski definition) is 2.